The number of nitrogens with one attached hydrogen (secondary N) is 2. The van der Waals surface area contributed by atoms with Crippen molar-refractivity contribution in [2.24, 2.45) is 0 Å². The molecule has 2 aliphatic heterocycles. The van der Waals surface area contributed by atoms with E-state index < -0.39 is 0 Å². The largest absolute Gasteiger partial charge is 0.331 e. The van der Waals surface area contributed by atoms with Gasteiger partial charge in [-0.3, -0.25) is 9.89 Å². The highest BCUT2D eigenvalue weighted by Gasteiger charge is 2.36. The molecule has 2 atom stereocenters. The van der Waals surface area contributed by atoms with Crippen molar-refractivity contribution in [2.45, 2.75) is 62.9 Å². The van der Waals surface area contributed by atoms with E-state index in [1.54, 1.807) is 0 Å². The molecule has 0 bridgehead atoms. The van der Waals surface area contributed by atoms with Crippen molar-refractivity contribution < 1.29 is 4.79 Å². The zero-order chi connectivity index (χ0) is 14.2. The van der Waals surface area contributed by atoms with Gasteiger partial charge in [-0.2, -0.15) is 0 Å². The minimum absolute atomic E-state index is 0.0107. The molecule has 2 unspecified atom stereocenters. The van der Waals surface area contributed by atoms with Gasteiger partial charge in [0.1, 0.15) is 5.82 Å². The molecule has 2 N–H and O–H groups in total. The summed E-state index contributed by atoms with van der Waals surface area (Å²) >= 11 is 0. The Morgan fingerprint density at radius 2 is 2.05 bits per heavy atom. The van der Waals surface area contributed by atoms with Gasteiger partial charge in [-0.1, -0.05) is 0 Å². The lowest BCUT2D eigenvalue weighted by molar-refractivity contribution is 0.0551. The molecular formula is C15H23N5O. The SMILES string of the molecule is O=C(c1n[nH]c(C2CC2)n1)N1CCCCC1C1CCCN1. The molecule has 114 valence electrons. The minimum atomic E-state index is 0.0107. The standard InChI is InChI=1S/C15H23N5O/c21-15(14-17-13(18-19-14)10-6-7-10)20-9-2-1-5-12(20)11-4-3-8-16-11/h10-12,16H,1-9H2,(H,17,18,19). The fourth-order valence-electron chi connectivity index (χ4n) is 3.71. The fourth-order valence-corrected chi connectivity index (χ4v) is 3.71. The maximum Gasteiger partial charge on any atom is 0.293 e. The Labute approximate surface area is 124 Å². The Morgan fingerprint density at radius 3 is 2.81 bits per heavy atom. The van der Waals surface area contributed by atoms with Gasteiger partial charge in [0.05, 0.1) is 0 Å². The number of rotatable bonds is 3. The summed E-state index contributed by atoms with van der Waals surface area (Å²) in [7, 11) is 0. The molecule has 1 amide bonds. The first-order valence-electron chi connectivity index (χ1n) is 8.29. The average Bonchev–Trinajstić information content (AvgIpc) is 3.05. The van der Waals surface area contributed by atoms with Gasteiger partial charge in [0.15, 0.2) is 0 Å². The van der Waals surface area contributed by atoms with Crippen molar-refractivity contribution in [2.75, 3.05) is 13.1 Å². The number of aromatic amines is 1. The predicted molar refractivity (Wildman–Crippen MR) is 78.1 cm³/mol. The number of carbonyl (C=O) groups excluding carboxylic acids is 1. The van der Waals surface area contributed by atoms with Crippen LogP contribution in [-0.4, -0.2) is 51.2 Å². The van der Waals surface area contributed by atoms with Gasteiger partial charge in [-0.25, -0.2) is 4.98 Å². The lowest BCUT2D eigenvalue weighted by Gasteiger charge is -2.38. The van der Waals surface area contributed by atoms with Crippen LogP contribution in [0.2, 0.25) is 0 Å². The summed E-state index contributed by atoms with van der Waals surface area (Å²) < 4.78 is 0. The monoisotopic (exact) mass is 289 g/mol. The number of hydrogen-bond donors (Lipinski definition) is 2. The van der Waals surface area contributed by atoms with Gasteiger partial charge in [-0.15, -0.1) is 5.10 Å². The van der Waals surface area contributed by atoms with Crippen LogP contribution in [0.4, 0.5) is 0 Å². The van der Waals surface area contributed by atoms with E-state index in [-0.39, 0.29) is 5.91 Å². The molecule has 1 aromatic heterocycles. The second-order valence-electron chi connectivity index (χ2n) is 6.58. The Hall–Kier alpha value is -1.43. The van der Waals surface area contributed by atoms with Crippen molar-refractivity contribution >= 4 is 5.91 Å². The van der Waals surface area contributed by atoms with Gasteiger partial charge < -0.3 is 10.2 Å². The van der Waals surface area contributed by atoms with E-state index in [4.69, 9.17) is 0 Å². The van der Waals surface area contributed by atoms with E-state index in [0.29, 0.717) is 23.8 Å². The molecule has 4 rings (SSSR count). The van der Waals surface area contributed by atoms with Crippen LogP contribution in [0.1, 0.15) is 67.3 Å². The Bertz CT molecular complexity index is 518. The van der Waals surface area contributed by atoms with Crippen molar-refractivity contribution in [1.29, 1.82) is 0 Å². The lowest BCUT2D eigenvalue weighted by atomic mass is 9.94. The lowest BCUT2D eigenvalue weighted by Crippen LogP contribution is -2.52. The third kappa shape index (κ3) is 2.57. The molecule has 2 saturated heterocycles. The number of piperidine rings is 1. The number of likely N-dealkylation sites (tertiary alicyclic amines) is 1. The Balaban J connectivity index is 1.52. The molecule has 0 radical (unpaired) electrons. The Kier molecular flexibility index (Phi) is 3.41. The highest BCUT2D eigenvalue weighted by Crippen LogP contribution is 2.37. The summed E-state index contributed by atoms with van der Waals surface area (Å²) in [4.78, 5) is 19.2. The van der Waals surface area contributed by atoms with E-state index in [9.17, 15) is 4.79 Å². The molecule has 1 aromatic rings. The molecule has 3 heterocycles. The van der Waals surface area contributed by atoms with Gasteiger partial charge >= 0.3 is 0 Å². The normalized spacial score (nSPS) is 29.8. The van der Waals surface area contributed by atoms with E-state index in [2.05, 4.69) is 20.5 Å². The second kappa shape index (κ2) is 5.40. The summed E-state index contributed by atoms with van der Waals surface area (Å²) in [6.45, 7) is 1.92. The summed E-state index contributed by atoms with van der Waals surface area (Å²) in [5.41, 5.74) is 0. The Morgan fingerprint density at radius 1 is 1.14 bits per heavy atom. The van der Waals surface area contributed by atoms with Crippen molar-refractivity contribution in [3.8, 4) is 0 Å². The first-order valence-corrected chi connectivity index (χ1v) is 8.29. The average molecular weight is 289 g/mol. The fraction of sp³-hybridized carbons (Fsp3) is 0.800. The van der Waals surface area contributed by atoms with Crippen LogP contribution >= 0.6 is 0 Å². The van der Waals surface area contributed by atoms with Gasteiger partial charge in [0.25, 0.3) is 5.91 Å². The molecule has 1 aliphatic carbocycles. The third-order valence-electron chi connectivity index (χ3n) is 5.03. The molecule has 3 fully saturated rings. The molecular weight excluding hydrogens is 266 g/mol. The van der Waals surface area contributed by atoms with Crippen LogP contribution in [0.5, 0.6) is 0 Å². The quantitative estimate of drug-likeness (QED) is 0.883. The molecule has 6 nitrogen and oxygen atoms in total. The number of nitrogens with zero attached hydrogens (tertiary/aromatic N) is 3. The van der Waals surface area contributed by atoms with E-state index in [1.807, 2.05) is 4.90 Å². The first-order chi connectivity index (χ1) is 10.3. The molecule has 21 heavy (non-hydrogen) atoms. The zero-order valence-corrected chi connectivity index (χ0v) is 12.3. The van der Waals surface area contributed by atoms with E-state index in [1.165, 1.54) is 32.1 Å². The second-order valence-corrected chi connectivity index (χ2v) is 6.58. The van der Waals surface area contributed by atoms with Crippen LogP contribution in [0.3, 0.4) is 0 Å². The number of carbonyl (C=O) groups is 1. The summed E-state index contributed by atoms with van der Waals surface area (Å²) in [6, 6.07) is 0.771. The van der Waals surface area contributed by atoms with Crippen molar-refractivity contribution in [3.05, 3.63) is 11.6 Å². The predicted octanol–water partition coefficient (Wildman–Crippen LogP) is 1.43. The number of amides is 1. The number of hydrogen-bond acceptors (Lipinski definition) is 4. The topological polar surface area (TPSA) is 73.9 Å². The molecule has 0 spiro atoms. The highest BCUT2D eigenvalue weighted by molar-refractivity contribution is 5.90. The minimum Gasteiger partial charge on any atom is -0.331 e. The molecule has 0 aromatic carbocycles. The maximum absolute atomic E-state index is 12.8. The maximum atomic E-state index is 12.8. The van der Waals surface area contributed by atoms with Crippen LogP contribution in [0.25, 0.3) is 0 Å². The number of aromatic nitrogens is 3. The smallest absolute Gasteiger partial charge is 0.293 e. The third-order valence-corrected chi connectivity index (χ3v) is 5.03. The summed E-state index contributed by atoms with van der Waals surface area (Å²) in [5, 5.41) is 10.7. The van der Waals surface area contributed by atoms with E-state index >= 15 is 0 Å². The van der Waals surface area contributed by atoms with Gasteiger partial charge in [0.2, 0.25) is 5.82 Å². The summed E-state index contributed by atoms with van der Waals surface area (Å²) in [5.74, 6) is 1.77. The zero-order valence-electron chi connectivity index (χ0n) is 12.3. The molecule has 3 aliphatic rings. The van der Waals surface area contributed by atoms with Crippen LogP contribution in [-0.2, 0) is 0 Å². The van der Waals surface area contributed by atoms with Crippen LogP contribution in [0, 0.1) is 0 Å². The van der Waals surface area contributed by atoms with Crippen LogP contribution < -0.4 is 5.32 Å². The first kappa shape index (κ1) is 13.2. The van der Waals surface area contributed by atoms with E-state index in [0.717, 1.165) is 31.8 Å². The van der Waals surface area contributed by atoms with Crippen LogP contribution in [0.15, 0.2) is 0 Å². The number of H-pyrrole nitrogens is 1. The van der Waals surface area contributed by atoms with Gasteiger partial charge in [0, 0.05) is 24.5 Å². The van der Waals surface area contributed by atoms with Crippen molar-refractivity contribution in [3.63, 3.8) is 0 Å². The summed E-state index contributed by atoms with van der Waals surface area (Å²) in [6.07, 6.45) is 8.14. The molecule has 6 heteroatoms. The highest BCUT2D eigenvalue weighted by atomic mass is 16.2. The molecule has 1 saturated carbocycles. The van der Waals surface area contributed by atoms with Crippen molar-refractivity contribution in [1.82, 2.24) is 25.4 Å². The van der Waals surface area contributed by atoms with Gasteiger partial charge in [-0.05, 0) is 51.5 Å².